The summed E-state index contributed by atoms with van der Waals surface area (Å²) >= 11 is 6.77. The summed E-state index contributed by atoms with van der Waals surface area (Å²) in [6, 6.07) is 13.3. The highest BCUT2D eigenvalue weighted by Crippen LogP contribution is 2.38. The van der Waals surface area contributed by atoms with Crippen LogP contribution in [0.3, 0.4) is 0 Å². The van der Waals surface area contributed by atoms with Crippen molar-refractivity contribution in [2.24, 2.45) is 0 Å². The van der Waals surface area contributed by atoms with Crippen LogP contribution in [-0.4, -0.2) is 43.8 Å². The predicted octanol–water partition coefficient (Wildman–Crippen LogP) is 5.19. The Morgan fingerprint density at radius 2 is 1.89 bits per heavy atom. The molecule has 0 saturated carbocycles. The summed E-state index contributed by atoms with van der Waals surface area (Å²) in [5.41, 5.74) is 2.55. The number of amides is 1. The number of hydrogen-bond donors (Lipinski definition) is 1. The molecule has 4 rings (SSSR count). The van der Waals surface area contributed by atoms with Crippen LogP contribution < -0.4 is 10.9 Å². The molecule has 1 N–H and O–H groups in total. The summed E-state index contributed by atoms with van der Waals surface area (Å²) in [5.74, 6) is 0.223. The third-order valence-corrected chi connectivity index (χ3v) is 7.17. The number of aromatic nitrogens is 2. The van der Waals surface area contributed by atoms with Crippen LogP contribution in [0.2, 0.25) is 0 Å². The molecule has 2 aromatic heterocycles. The first-order chi connectivity index (χ1) is 17.3. The molecule has 7 nitrogen and oxygen atoms in total. The second-order valence-corrected chi connectivity index (χ2v) is 10.6. The minimum absolute atomic E-state index is 0.160. The quantitative estimate of drug-likeness (QED) is 0.235. The zero-order chi connectivity index (χ0) is 25.8. The van der Waals surface area contributed by atoms with Crippen LogP contribution in [0.1, 0.15) is 49.9 Å². The van der Waals surface area contributed by atoms with Gasteiger partial charge in [-0.1, -0.05) is 60.4 Å². The van der Waals surface area contributed by atoms with E-state index in [2.05, 4.69) is 5.32 Å². The Labute approximate surface area is 220 Å². The van der Waals surface area contributed by atoms with Crippen molar-refractivity contribution >= 4 is 51.7 Å². The minimum atomic E-state index is -0.244. The molecular formula is C27H30N4O3S2. The van der Waals surface area contributed by atoms with Crippen molar-refractivity contribution < 1.29 is 9.53 Å². The number of hydrogen-bond acceptors (Lipinski definition) is 7. The number of aryl methyl sites for hydroxylation is 1. The lowest BCUT2D eigenvalue weighted by atomic mass is 10.1. The third-order valence-electron chi connectivity index (χ3n) is 5.84. The molecule has 0 aliphatic carbocycles. The van der Waals surface area contributed by atoms with Gasteiger partial charge in [-0.15, -0.1) is 0 Å². The number of pyridine rings is 1. The van der Waals surface area contributed by atoms with Crippen LogP contribution in [-0.2, 0) is 9.53 Å². The molecule has 0 radical (unpaired) electrons. The van der Waals surface area contributed by atoms with E-state index < -0.39 is 0 Å². The minimum Gasteiger partial charge on any atom is -0.379 e. The largest absolute Gasteiger partial charge is 0.379 e. The SMILES string of the molecule is Cc1ccc2nc(NCCCOC(C)C)c(C=C3SC(=S)N(C(C)c4ccccc4)C3=O)c(=O)n2c1. The highest BCUT2D eigenvalue weighted by Gasteiger charge is 2.36. The van der Waals surface area contributed by atoms with E-state index in [1.807, 2.05) is 70.2 Å². The number of carbonyl (C=O) groups is 1. The Morgan fingerprint density at radius 3 is 2.61 bits per heavy atom. The number of fused-ring (bicyclic) bond motifs is 1. The molecule has 1 aromatic carbocycles. The molecule has 0 spiro atoms. The second-order valence-electron chi connectivity index (χ2n) is 8.95. The molecule has 3 aromatic rings. The Bertz CT molecular complexity index is 1370. The first-order valence-electron chi connectivity index (χ1n) is 12.0. The molecule has 1 saturated heterocycles. The van der Waals surface area contributed by atoms with E-state index >= 15 is 0 Å². The van der Waals surface area contributed by atoms with Gasteiger partial charge in [0.05, 0.1) is 22.6 Å². The van der Waals surface area contributed by atoms with Gasteiger partial charge in [-0.25, -0.2) is 4.98 Å². The normalized spacial score (nSPS) is 15.9. The average molecular weight is 523 g/mol. The van der Waals surface area contributed by atoms with Gasteiger partial charge in [-0.05, 0) is 57.4 Å². The number of nitrogens with one attached hydrogen (secondary N) is 1. The van der Waals surface area contributed by atoms with Crippen LogP contribution in [0.15, 0.2) is 58.4 Å². The van der Waals surface area contributed by atoms with Crippen molar-refractivity contribution in [2.45, 2.75) is 46.3 Å². The van der Waals surface area contributed by atoms with E-state index in [9.17, 15) is 9.59 Å². The topological polar surface area (TPSA) is 75.9 Å². The standard InChI is InChI=1S/C27H30N4O3S2/c1-17(2)34-14-8-13-28-24-21(25(32)30-16-18(3)11-12-23(30)29-24)15-22-26(33)31(27(35)36-22)19(4)20-9-6-5-7-10-20/h5-7,9-12,15-17,19,28H,8,13-14H2,1-4H3. The lowest BCUT2D eigenvalue weighted by Gasteiger charge is -2.23. The number of thiocarbonyl (C=S) groups is 1. The maximum absolute atomic E-state index is 13.5. The van der Waals surface area contributed by atoms with Gasteiger partial charge in [0.1, 0.15) is 15.8 Å². The number of ether oxygens (including phenoxy) is 1. The molecule has 36 heavy (non-hydrogen) atoms. The van der Waals surface area contributed by atoms with E-state index in [1.165, 1.54) is 16.2 Å². The van der Waals surface area contributed by atoms with Crippen LogP contribution in [0.5, 0.6) is 0 Å². The average Bonchev–Trinajstić information content (AvgIpc) is 3.13. The number of nitrogens with zero attached hydrogens (tertiary/aromatic N) is 3. The lowest BCUT2D eigenvalue weighted by Crippen LogP contribution is -2.31. The van der Waals surface area contributed by atoms with Crippen molar-refractivity contribution in [3.8, 4) is 0 Å². The first kappa shape index (κ1) is 26.1. The molecule has 0 bridgehead atoms. The fourth-order valence-corrected chi connectivity index (χ4v) is 5.35. The van der Waals surface area contributed by atoms with Crippen molar-refractivity contribution in [1.29, 1.82) is 0 Å². The maximum atomic E-state index is 13.5. The van der Waals surface area contributed by atoms with Crippen molar-refractivity contribution in [3.63, 3.8) is 0 Å². The van der Waals surface area contributed by atoms with Crippen molar-refractivity contribution in [1.82, 2.24) is 14.3 Å². The van der Waals surface area contributed by atoms with Crippen LogP contribution >= 0.6 is 24.0 Å². The Balaban J connectivity index is 1.68. The summed E-state index contributed by atoms with van der Waals surface area (Å²) in [4.78, 5) is 33.7. The van der Waals surface area contributed by atoms with E-state index in [0.29, 0.717) is 39.4 Å². The summed E-state index contributed by atoms with van der Waals surface area (Å²) < 4.78 is 7.60. The zero-order valence-corrected chi connectivity index (χ0v) is 22.5. The molecule has 188 valence electrons. The smallest absolute Gasteiger partial charge is 0.267 e. The van der Waals surface area contributed by atoms with Gasteiger partial charge < -0.3 is 10.1 Å². The number of rotatable bonds is 9. The van der Waals surface area contributed by atoms with Gasteiger partial charge in [0, 0.05) is 19.3 Å². The van der Waals surface area contributed by atoms with Gasteiger partial charge in [-0.2, -0.15) is 0 Å². The highest BCUT2D eigenvalue weighted by atomic mass is 32.2. The molecule has 9 heteroatoms. The van der Waals surface area contributed by atoms with E-state index in [0.717, 1.165) is 17.5 Å². The number of carbonyl (C=O) groups excluding carboxylic acids is 1. The van der Waals surface area contributed by atoms with Gasteiger partial charge in [-0.3, -0.25) is 18.9 Å². The van der Waals surface area contributed by atoms with Crippen LogP contribution in [0.4, 0.5) is 5.82 Å². The van der Waals surface area contributed by atoms with Gasteiger partial charge in [0.25, 0.3) is 11.5 Å². The van der Waals surface area contributed by atoms with Gasteiger partial charge in [0.15, 0.2) is 0 Å². The first-order valence-corrected chi connectivity index (χ1v) is 13.2. The number of thioether (sulfide) groups is 1. The molecule has 1 amide bonds. The van der Waals surface area contributed by atoms with Gasteiger partial charge in [0.2, 0.25) is 0 Å². The highest BCUT2D eigenvalue weighted by molar-refractivity contribution is 8.26. The summed E-state index contributed by atoms with van der Waals surface area (Å²) in [7, 11) is 0. The summed E-state index contributed by atoms with van der Waals surface area (Å²) in [6.07, 6.45) is 4.29. The van der Waals surface area contributed by atoms with E-state index in [1.54, 1.807) is 17.2 Å². The van der Waals surface area contributed by atoms with Crippen LogP contribution in [0.25, 0.3) is 11.7 Å². The van der Waals surface area contributed by atoms with Crippen molar-refractivity contribution in [3.05, 3.63) is 80.6 Å². The molecule has 1 atom stereocenters. The predicted molar refractivity (Wildman–Crippen MR) is 150 cm³/mol. The monoisotopic (exact) mass is 522 g/mol. The molecular weight excluding hydrogens is 492 g/mol. The Morgan fingerprint density at radius 1 is 1.14 bits per heavy atom. The Kier molecular flexibility index (Phi) is 8.23. The summed E-state index contributed by atoms with van der Waals surface area (Å²) in [6.45, 7) is 9.03. The number of benzene rings is 1. The Hall–Kier alpha value is -3.01. The van der Waals surface area contributed by atoms with Crippen LogP contribution in [0, 0.1) is 6.92 Å². The molecule has 3 heterocycles. The fraction of sp³-hybridized carbons (Fsp3) is 0.333. The molecule has 1 aliphatic heterocycles. The van der Waals surface area contributed by atoms with Gasteiger partial charge >= 0.3 is 0 Å². The molecule has 1 unspecified atom stereocenters. The maximum Gasteiger partial charge on any atom is 0.267 e. The zero-order valence-electron chi connectivity index (χ0n) is 20.9. The lowest BCUT2D eigenvalue weighted by molar-refractivity contribution is -0.123. The second kappa shape index (κ2) is 11.4. The van der Waals surface area contributed by atoms with E-state index in [-0.39, 0.29) is 23.6 Å². The third kappa shape index (κ3) is 5.69. The fourth-order valence-electron chi connectivity index (χ4n) is 3.95. The number of anilines is 1. The molecule has 1 fully saturated rings. The summed E-state index contributed by atoms with van der Waals surface area (Å²) in [5, 5.41) is 3.28. The van der Waals surface area contributed by atoms with Crippen molar-refractivity contribution in [2.75, 3.05) is 18.5 Å². The van der Waals surface area contributed by atoms with E-state index in [4.69, 9.17) is 21.9 Å². The molecule has 1 aliphatic rings.